The van der Waals surface area contributed by atoms with Gasteiger partial charge in [-0.2, -0.15) is 26.3 Å². The van der Waals surface area contributed by atoms with Crippen LogP contribution in [-0.2, 0) is 9.47 Å². The normalized spacial score (nSPS) is 15.4. The van der Waals surface area contributed by atoms with Crippen LogP contribution in [0.4, 0.5) is 39.5 Å². The lowest BCUT2D eigenvalue weighted by atomic mass is 10.6. The van der Waals surface area contributed by atoms with Gasteiger partial charge in [0.2, 0.25) is 0 Å². The number of hydrogen-bond donors (Lipinski definition) is 0. The molecule has 0 heterocycles. The molecular formula is C4ClF9O2. The van der Waals surface area contributed by atoms with Crippen molar-refractivity contribution in [2.45, 2.75) is 24.1 Å². The zero-order chi connectivity index (χ0) is 13.4. The van der Waals surface area contributed by atoms with Crippen LogP contribution in [0.2, 0.25) is 0 Å². The first kappa shape index (κ1) is 15.6. The van der Waals surface area contributed by atoms with Crippen LogP contribution in [-0.4, -0.2) is 24.1 Å². The SMILES string of the molecule is FC(F)(F)OC(F)(F)C(F)(F)OC(F)(F)Cl. The van der Waals surface area contributed by atoms with E-state index in [1.54, 1.807) is 4.74 Å². The molecule has 0 aliphatic carbocycles. The van der Waals surface area contributed by atoms with Gasteiger partial charge in [-0.1, -0.05) is 0 Å². The molecule has 98 valence electrons. The zero-order valence-electron chi connectivity index (χ0n) is 6.60. The number of ether oxygens (including phenoxy) is 2. The van der Waals surface area contributed by atoms with Crippen molar-refractivity contribution < 1.29 is 49.0 Å². The highest BCUT2D eigenvalue weighted by Gasteiger charge is 2.67. The summed E-state index contributed by atoms with van der Waals surface area (Å²) in [5, 5.41) is 0. The molecule has 0 unspecified atom stereocenters. The van der Waals surface area contributed by atoms with Crippen molar-refractivity contribution in [2.75, 3.05) is 0 Å². The van der Waals surface area contributed by atoms with Gasteiger partial charge in [-0.05, 0) is 11.6 Å². The van der Waals surface area contributed by atoms with Crippen molar-refractivity contribution >= 4 is 11.6 Å². The Morgan fingerprint density at radius 1 is 0.625 bits per heavy atom. The van der Waals surface area contributed by atoms with Gasteiger partial charge in [-0.3, -0.25) is 0 Å². The van der Waals surface area contributed by atoms with E-state index in [2.05, 4.69) is 11.6 Å². The van der Waals surface area contributed by atoms with Gasteiger partial charge >= 0.3 is 24.1 Å². The first-order chi connectivity index (χ1) is 6.66. The molecule has 0 radical (unpaired) electrons. The molecule has 0 atom stereocenters. The molecule has 0 aliphatic rings. The molecule has 0 saturated carbocycles. The van der Waals surface area contributed by atoms with Crippen LogP contribution in [0.3, 0.4) is 0 Å². The molecule has 0 spiro atoms. The predicted molar refractivity (Wildman–Crippen MR) is 28.9 cm³/mol. The van der Waals surface area contributed by atoms with Crippen LogP contribution in [0.1, 0.15) is 0 Å². The van der Waals surface area contributed by atoms with E-state index in [9.17, 15) is 39.5 Å². The van der Waals surface area contributed by atoms with Crippen LogP contribution in [0, 0.1) is 0 Å². The quantitative estimate of drug-likeness (QED) is 0.581. The Hall–Kier alpha value is -0.420. The van der Waals surface area contributed by atoms with Gasteiger partial charge in [0.1, 0.15) is 0 Å². The molecule has 0 saturated heterocycles. The third kappa shape index (κ3) is 5.07. The molecule has 0 amide bonds. The molecule has 0 fully saturated rings. The van der Waals surface area contributed by atoms with Gasteiger partial charge < -0.3 is 0 Å². The summed E-state index contributed by atoms with van der Waals surface area (Å²) in [6, 6.07) is 0. The summed E-state index contributed by atoms with van der Waals surface area (Å²) in [5.74, 6) is 0. The molecule has 0 N–H and O–H groups in total. The van der Waals surface area contributed by atoms with E-state index in [0.29, 0.717) is 0 Å². The first-order valence-corrected chi connectivity index (χ1v) is 3.33. The largest absolute Gasteiger partial charge is 0.527 e. The molecule has 2 nitrogen and oxygen atoms in total. The Balaban J connectivity index is 4.85. The minimum absolute atomic E-state index is 1.64. The number of rotatable bonds is 4. The molecule has 0 rings (SSSR count). The third-order valence-corrected chi connectivity index (χ3v) is 0.904. The van der Waals surface area contributed by atoms with Gasteiger partial charge in [0.25, 0.3) is 0 Å². The van der Waals surface area contributed by atoms with Crippen LogP contribution in [0.15, 0.2) is 0 Å². The first-order valence-electron chi connectivity index (χ1n) is 2.96. The summed E-state index contributed by atoms with van der Waals surface area (Å²) in [7, 11) is 0. The fraction of sp³-hybridized carbons (Fsp3) is 1.00. The van der Waals surface area contributed by atoms with E-state index >= 15 is 0 Å². The van der Waals surface area contributed by atoms with Gasteiger partial charge in [0.05, 0.1) is 0 Å². The predicted octanol–water partition coefficient (Wildman–Crippen LogP) is 3.51. The fourth-order valence-corrected chi connectivity index (χ4v) is 0.506. The highest BCUT2D eigenvalue weighted by atomic mass is 35.5. The highest BCUT2D eigenvalue weighted by Crippen LogP contribution is 2.44. The Bertz CT molecular complexity index is 217. The van der Waals surface area contributed by atoms with Gasteiger partial charge in [-0.25, -0.2) is 9.47 Å². The average molecular weight is 286 g/mol. The van der Waals surface area contributed by atoms with Crippen molar-refractivity contribution in [3.05, 3.63) is 0 Å². The summed E-state index contributed by atoms with van der Waals surface area (Å²) in [5.41, 5.74) is -5.29. The summed E-state index contributed by atoms with van der Waals surface area (Å²) < 4.78 is 109. The van der Waals surface area contributed by atoms with E-state index in [-0.39, 0.29) is 0 Å². The summed E-state index contributed by atoms with van der Waals surface area (Å²) in [6.07, 6.45) is -18.8. The van der Waals surface area contributed by atoms with Crippen molar-refractivity contribution in [1.29, 1.82) is 0 Å². The Labute approximate surface area is 85.9 Å². The van der Waals surface area contributed by atoms with Crippen molar-refractivity contribution in [3.63, 3.8) is 0 Å². The van der Waals surface area contributed by atoms with Crippen LogP contribution >= 0.6 is 11.6 Å². The highest BCUT2D eigenvalue weighted by molar-refractivity contribution is 6.20. The van der Waals surface area contributed by atoms with Gasteiger partial charge in [-0.15, -0.1) is 13.2 Å². The lowest BCUT2D eigenvalue weighted by molar-refractivity contribution is -0.521. The summed E-state index contributed by atoms with van der Waals surface area (Å²) >= 11 is 3.69. The molecule has 16 heavy (non-hydrogen) atoms. The van der Waals surface area contributed by atoms with E-state index in [1.165, 1.54) is 0 Å². The maximum atomic E-state index is 12.1. The standard InChI is InChI=1S/C4ClF9O2/c5-3(10,11)15-1(6,7)2(8,9)16-4(12,13)14. The van der Waals surface area contributed by atoms with Crippen molar-refractivity contribution in [3.8, 4) is 0 Å². The molecule has 0 aromatic heterocycles. The van der Waals surface area contributed by atoms with Gasteiger partial charge in [0, 0.05) is 0 Å². The van der Waals surface area contributed by atoms with Crippen molar-refractivity contribution in [1.82, 2.24) is 0 Å². The number of halogens is 10. The Morgan fingerprint density at radius 2 is 0.938 bits per heavy atom. The lowest BCUT2D eigenvalue weighted by Gasteiger charge is -2.27. The minimum atomic E-state index is -6.36. The molecule has 0 aromatic carbocycles. The minimum Gasteiger partial charge on any atom is -0.234 e. The molecule has 0 bridgehead atoms. The van der Waals surface area contributed by atoms with Crippen LogP contribution in [0.5, 0.6) is 0 Å². The number of hydrogen-bond acceptors (Lipinski definition) is 2. The average Bonchev–Trinajstić information content (AvgIpc) is 1.72. The van der Waals surface area contributed by atoms with E-state index in [4.69, 9.17) is 0 Å². The van der Waals surface area contributed by atoms with E-state index in [0.717, 1.165) is 0 Å². The maximum absolute atomic E-state index is 12.1. The smallest absolute Gasteiger partial charge is 0.234 e. The Morgan fingerprint density at radius 3 is 1.19 bits per heavy atom. The second kappa shape index (κ2) is 4.11. The van der Waals surface area contributed by atoms with Crippen LogP contribution in [0.25, 0.3) is 0 Å². The summed E-state index contributed by atoms with van der Waals surface area (Å²) in [6.45, 7) is 0. The summed E-state index contributed by atoms with van der Waals surface area (Å²) in [4.78, 5) is 0. The van der Waals surface area contributed by atoms with E-state index < -0.39 is 24.1 Å². The van der Waals surface area contributed by atoms with Crippen LogP contribution < -0.4 is 0 Å². The second-order valence-electron chi connectivity index (χ2n) is 2.13. The third-order valence-electron chi connectivity index (χ3n) is 0.827. The van der Waals surface area contributed by atoms with Crippen molar-refractivity contribution in [2.24, 2.45) is 0 Å². The monoisotopic (exact) mass is 286 g/mol. The molecular weight excluding hydrogens is 286 g/mol. The van der Waals surface area contributed by atoms with Gasteiger partial charge in [0.15, 0.2) is 0 Å². The lowest BCUT2D eigenvalue weighted by Crippen LogP contribution is -2.50. The topological polar surface area (TPSA) is 18.5 Å². The number of alkyl halides is 10. The molecule has 0 aliphatic heterocycles. The molecule has 12 heteroatoms. The second-order valence-corrected chi connectivity index (χ2v) is 2.57. The molecule has 0 aromatic rings. The maximum Gasteiger partial charge on any atom is 0.527 e. The fourth-order valence-electron chi connectivity index (χ4n) is 0.410. The van der Waals surface area contributed by atoms with E-state index in [1.807, 2.05) is 4.74 Å². The Kier molecular flexibility index (Phi) is 4.00. The zero-order valence-corrected chi connectivity index (χ0v) is 7.35.